The van der Waals surface area contributed by atoms with Gasteiger partial charge in [-0.25, -0.2) is 0 Å². The SMILES string of the molecule is CCc1cc2c(cc1N1CCC(N3CCN(C(=O)CSc4cccc5c4CN(C4CCC(=O)NC4=O)C5=O)CC3)CC1)C(C)(C)c1[nH]c3ccccc3c1C2=O. The first-order valence-corrected chi connectivity index (χ1v) is 21.0. The number of nitrogens with zero attached hydrogens (tertiary/aromatic N) is 4. The molecule has 3 aromatic carbocycles. The lowest BCUT2D eigenvalue weighted by Gasteiger charge is -2.44. The number of piperazine rings is 1. The smallest absolute Gasteiger partial charge is 0.255 e. The van der Waals surface area contributed by atoms with Crippen LogP contribution in [-0.2, 0) is 32.8 Å². The summed E-state index contributed by atoms with van der Waals surface area (Å²) < 4.78 is 0. The number of amides is 4. The molecule has 1 aliphatic carbocycles. The number of aromatic amines is 1. The van der Waals surface area contributed by atoms with Crippen LogP contribution in [-0.4, -0.2) is 106 Å². The highest BCUT2D eigenvalue weighted by atomic mass is 32.2. The lowest BCUT2D eigenvalue weighted by Crippen LogP contribution is -2.54. The van der Waals surface area contributed by atoms with Crippen molar-refractivity contribution in [3.63, 3.8) is 0 Å². The molecule has 2 N–H and O–H groups in total. The number of carbonyl (C=O) groups is 5. The molecule has 5 heterocycles. The summed E-state index contributed by atoms with van der Waals surface area (Å²) in [7, 11) is 0. The van der Waals surface area contributed by atoms with Gasteiger partial charge in [0.05, 0.1) is 11.3 Å². The summed E-state index contributed by atoms with van der Waals surface area (Å²) in [5, 5.41) is 3.35. The van der Waals surface area contributed by atoms with Crippen molar-refractivity contribution in [2.75, 3.05) is 49.9 Å². The number of piperidine rings is 2. The lowest BCUT2D eigenvalue weighted by molar-refractivity contribution is -0.137. The van der Waals surface area contributed by atoms with E-state index in [1.54, 1.807) is 11.0 Å². The predicted molar refractivity (Wildman–Crippen MR) is 216 cm³/mol. The molecule has 56 heavy (non-hydrogen) atoms. The largest absolute Gasteiger partial charge is 0.371 e. The number of rotatable bonds is 7. The summed E-state index contributed by atoms with van der Waals surface area (Å²) in [6, 6.07) is 17.9. The van der Waals surface area contributed by atoms with E-state index in [2.05, 4.69) is 59.1 Å². The van der Waals surface area contributed by atoms with E-state index in [1.165, 1.54) is 23.0 Å². The first-order chi connectivity index (χ1) is 27.0. The maximum absolute atomic E-state index is 14.0. The number of fused-ring (bicyclic) bond motifs is 5. The number of anilines is 1. The van der Waals surface area contributed by atoms with Gasteiger partial charge in [-0.3, -0.25) is 34.2 Å². The third kappa shape index (κ3) is 6.12. The van der Waals surface area contributed by atoms with Crippen molar-refractivity contribution in [1.82, 2.24) is 25.0 Å². The second-order valence-corrected chi connectivity index (χ2v) is 17.4. The number of aromatic nitrogens is 1. The summed E-state index contributed by atoms with van der Waals surface area (Å²) >= 11 is 1.45. The summed E-state index contributed by atoms with van der Waals surface area (Å²) in [5.74, 6) is -0.450. The van der Waals surface area contributed by atoms with Gasteiger partial charge in [0.2, 0.25) is 17.7 Å². The first-order valence-electron chi connectivity index (χ1n) is 20.0. The number of hydrogen-bond acceptors (Lipinski definition) is 8. The maximum atomic E-state index is 14.0. The first kappa shape index (κ1) is 36.7. The minimum absolute atomic E-state index is 0.0916. The number of benzene rings is 3. The average molecular weight is 773 g/mol. The lowest BCUT2D eigenvalue weighted by atomic mass is 9.70. The third-order valence-corrected chi connectivity index (χ3v) is 14.0. The molecular weight excluding hydrogens is 725 g/mol. The Morgan fingerprint density at radius 2 is 1.66 bits per heavy atom. The number of aryl methyl sites for hydroxylation is 1. The van der Waals surface area contributed by atoms with Gasteiger partial charge in [0.1, 0.15) is 6.04 Å². The van der Waals surface area contributed by atoms with E-state index in [4.69, 9.17) is 0 Å². The highest BCUT2D eigenvalue weighted by Crippen LogP contribution is 2.46. The van der Waals surface area contributed by atoms with E-state index in [-0.39, 0.29) is 41.1 Å². The Hall–Kier alpha value is -4.94. The molecule has 1 atom stereocenters. The Morgan fingerprint density at radius 1 is 0.893 bits per heavy atom. The Morgan fingerprint density at radius 3 is 2.41 bits per heavy atom. The molecule has 1 unspecified atom stereocenters. The number of hydrogen-bond donors (Lipinski definition) is 2. The van der Waals surface area contributed by atoms with Gasteiger partial charge in [-0.2, -0.15) is 0 Å². The van der Waals surface area contributed by atoms with Crippen LogP contribution in [0.25, 0.3) is 10.9 Å². The van der Waals surface area contributed by atoms with Crippen LogP contribution >= 0.6 is 11.8 Å². The van der Waals surface area contributed by atoms with Crippen LogP contribution in [0.2, 0.25) is 0 Å². The molecule has 290 valence electrons. The maximum Gasteiger partial charge on any atom is 0.255 e. The molecule has 11 nitrogen and oxygen atoms in total. The van der Waals surface area contributed by atoms with E-state index in [1.807, 2.05) is 35.2 Å². The molecule has 0 bridgehead atoms. The van der Waals surface area contributed by atoms with Crippen LogP contribution in [0.15, 0.2) is 59.5 Å². The van der Waals surface area contributed by atoms with Gasteiger partial charge in [-0.1, -0.05) is 45.0 Å². The number of nitrogens with one attached hydrogen (secondary N) is 2. The van der Waals surface area contributed by atoms with Crippen LogP contribution in [0.3, 0.4) is 0 Å². The van der Waals surface area contributed by atoms with Crippen LogP contribution in [0, 0.1) is 0 Å². The molecule has 4 aromatic rings. The highest BCUT2D eigenvalue weighted by Gasteiger charge is 2.42. The van der Waals surface area contributed by atoms with Crippen molar-refractivity contribution in [2.24, 2.45) is 0 Å². The molecule has 12 heteroatoms. The van der Waals surface area contributed by atoms with Crippen LogP contribution in [0.4, 0.5) is 5.69 Å². The highest BCUT2D eigenvalue weighted by molar-refractivity contribution is 8.00. The van der Waals surface area contributed by atoms with Gasteiger partial charge in [-0.15, -0.1) is 11.8 Å². The molecule has 3 saturated heterocycles. The number of H-pyrrole nitrogens is 1. The fourth-order valence-corrected chi connectivity index (χ4v) is 10.7. The van der Waals surface area contributed by atoms with Crippen LogP contribution < -0.4 is 10.2 Å². The average Bonchev–Trinajstić information content (AvgIpc) is 3.78. The van der Waals surface area contributed by atoms with E-state index in [9.17, 15) is 24.0 Å². The van der Waals surface area contributed by atoms with Gasteiger partial charge in [0.15, 0.2) is 5.78 Å². The normalized spacial score (nSPS) is 21.3. The molecule has 0 radical (unpaired) electrons. The van der Waals surface area contributed by atoms with Gasteiger partial charge < -0.3 is 19.7 Å². The van der Waals surface area contributed by atoms with E-state index < -0.39 is 11.9 Å². The van der Waals surface area contributed by atoms with Crippen LogP contribution in [0.5, 0.6) is 0 Å². The number of thioether (sulfide) groups is 1. The Kier molecular flexibility index (Phi) is 9.31. The minimum atomic E-state index is -0.664. The third-order valence-electron chi connectivity index (χ3n) is 13.0. The minimum Gasteiger partial charge on any atom is -0.371 e. The van der Waals surface area contributed by atoms with Crippen molar-refractivity contribution in [2.45, 2.75) is 81.8 Å². The van der Waals surface area contributed by atoms with Gasteiger partial charge in [0.25, 0.3) is 5.91 Å². The zero-order chi connectivity index (χ0) is 38.9. The molecule has 0 saturated carbocycles. The molecule has 3 fully saturated rings. The fourth-order valence-electron chi connectivity index (χ4n) is 9.76. The quantitative estimate of drug-likeness (QED) is 0.193. The van der Waals surface area contributed by atoms with Gasteiger partial charge in [0, 0.05) is 102 Å². The number of carbonyl (C=O) groups excluding carboxylic acids is 5. The number of imide groups is 1. The van der Waals surface area contributed by atoms with E-state index in [0.29, 0.717) is 37.7 Å². The standard InChI is InChI=1S/C44H48N6O5S/c1-4-26-22-30-32(44(2,3)41-39(40(30)53)29-8-5-6-10-33(29)45-41)23-35(26)48-16-14-27(15-17-48)47-18-20-49(21-19-47)38(52)25-56-36-11-7-9-28-31(36)24-50(43(28)55)34-12-13-37(51)46-42(34)54/h5-11,22-23,27,34,45H,4,12-21,24-25H2,1-3H3,(H,46,51,54). The molecule has 4 aliphatic heterocycles. The predicted octanol–water partition coefficient (Wildman–Crippen LogP) is 5.27. The number of para-hydroxylation sites is 1. The monoisotopic (exact) mass is 772 g/mol. The summed E-state index contributed by atoms with van der Waals surface area (Å²) in [6.07, 6.45) is 3.49. The topological polar surface area (TPSA) is 126 Å². The zero-order valence-electron chi connectivity index (χ0n) is 32.3. The fraction of sp³-hybridized carbons (Fsp3) is 0.432. The van der Waals surface area contributed by atoms with Crippen LogP contribution in [0.1, 0.15) is 95.1 Å². The second-order valence-electron chi connectivity index (χ2n) is 16.4. The summed E-state index contributed by atoms with van der Waals surface area (Å²) in [4.78, 5) is 78.0. The molecule has 4 amide bonds. The van der Waals surface area contributed by atoms with Crippen molar-refractivity contribution in [3.8, 4) is 0 Å². The Labute approximate surface area is 331 Å². The molecule has 0 spiro atoms. The summed E-state index contributed by atoms with van der Waals surface area (Å²) in [5.41, 5.74) is 8.27. The van der Waals surface area contributed by atoms with E-state index in [0.717, 1.165) is 89.2 Å². The Balaban J connectivity index is 0.803. The van der Waals surface area contributed by atoms with Crippen molar-refractivity contribution in [3.05, 3.63) is 93.7 Å². The van der Waals surface area contributed by atoms with Gasteiger partial charge in [-0.05, 0) is 72.7 Å². The summed E-state index contributed by atoms with van der Waals surface area (Å²) in [6.45, 7) is 11.9. The second kappa shape index (κ2) is 14.2. The van der Waals surface area contributed by atoms with Gasteiger partial charge >= 0.3 is 0 Å². The Bertz CT molecular complexity index is 2300. The molecule has 5 aliphatic rings. The van der Waals surface area contributed by atoms with Crippen molar-refractivity contribution < 1.29 is 24.0 Å². The molecule has 9 rings (SSSR count). The number of ketones is 1. The van der Waals surface area contributed by atoms with Crippen molar-refractivity contribution >= 4 is 57.8 Å². The molecule has 1 aromatic heterocycles. The zero-order valence-corrected chi connectivity index (χ0v) is 33.1. The molecular formula is C44H48N6O5S. The van der Waals surface area contributed by atoms with Crippen molar-refractivity contribution in [1.29, 1.82) is 0 Å². The van der Waals surface area contributed by atoms with E-state index >= 15 is 0 Å².